The molecule has 0 aliphatic heterocycles. The predicted octanol–water partition coefficient (Wildman–Crippen LogP) is 8.02. The van der Waals surface area contributed by atoms with Crippen molar-refractivity contribution in [1.29, 1.82) is 0 Å². The van der Waals surface area contributed by atoms with Gasteiger partial charge >= 0.3 is 0 Å². The maximum absolute atomic E-state index is 14.7. The highest BCUT2D eigenvalue weighted by Gasteiger charge is 2.35. The highest BCUT2D eigenvalue weighted by atomic mass is 35.5. The van der Waals surface area contributed by atoms with Gasteiger partial charge in [0.2, 0.25) is 11.8 Å². The Morgan fingerprint density at radius 2 is 1.51 bits per heavy atom. The van der Waals surface area contributed by atoms with Crippen LogP contribution in [0.5, 0.6) is 0 Å². The molecule has 0 unspecified atom stereocenters. The van der Waals surface area contributed by atoms with Crippen molar-refractivity contribution in [2.24, 2.45) is 0 Å². The van der Waals surface area contributed by atoms with E-state index >= 15 is 0 Å². The Morgan fingerprint density at radius 1 is 0.851 bits per heavy atom. The maximum Gasteiger partial charge on any atom is 0.264 e. The molecule has 7 nitrogen and oxygen atoms in total. The van der Waals surface area contributed by atoms with Gasteiger partial charge in [-0.1, -0.05) is 108 Å². The Morgan fingerprint density at radius 3 is 2.15 bits per heavy atom. The number of anilines is 1. The third-order valence-electron chi connectivity index (χ3n) is 7.82. The van der Waals surface area contributed by atoms with Gasteiger partial charge in [-0.05, 0) is 67.8 Å². The topological polar surface area (TPSA) is 86.8 Å². The van der Waals surface area contributed by atoms with E-state index in [2.05, 4.69) is 5.32 Å². The molecule has 0 bridgehead atoms. The number of amides is 2. The van der Waals surface area contributed by atoms with Gasteiger partial charge in [0.1, 0.15) is 12.6 Å². The lowest BCUT2D eigenvalue weighted by atomic mass is 10.0. The van der Waals surface area contributed by atoms with E-state index in [0.29, 0.717) is 32.7 Å². The van der Waals surface area contributed by atoms with Gasteiger partial charge in [0.05, 0.1) is 10.6 Å². The molecule has 0 saturated carbocycles. The minimum Gasteiger partial charge on any atom is -0.354 e. The lowest BCUT2D eigenvalue weighted by Crippen LogP contribution is -2.53. The summed E-state index contributed by atoms with van der Waals surface area (Å²) in [4.78, 5) is 30.0. The number of aryl methyl sites for hydroxylation is 2. The van der Waals surface area contributed by atoms with E-state index in [0.717, 1.165) is 28.3 Å². The standard InChI is InChI=1S/C36H38Cl3N3O4S/c1-4-5-20-40-36(44)34(21-27-10-7-6-8-11-27)41(23-30-31(38)12-9-13-32(30)39)35(43)24-42(33-22-28(37)17-16-26(33)3)47(45,46)29-18-14-25(2)15-19-29/h6-19,22,34H,4-5,20-21,23-24H2,1-3H3,(H,40,44)/t34-/m0/s1. The minimum absolute atomic E-state index is 0.00844. The molecule has 2 amide bonds. The number of hydrogen-bond acceptors (Lipinski definition) is 4. The van der Waals surface area contributed by atoms with E-state index in [-0.39, 0.29) is 29.5 Å². The zero-order valence-corrected chi connectivity index (χ0v) is 29.6. The summed E-state index contributed by atoms with van der Waals surface area (Å²) in [6.45, 7) is 5.29. The van der Waals surface area contributed by atoms with Crippen LogP contribution in [0.15, 0.2) is 95.9 Å². The molecule has 4 aromatic carbocycles. The summed E-state index contributed by atoms with van der Waals surface area (Å²) in [7, 11) is -4.28. The molecular weight excluding hydrogens is 677 g/mol. The van der Waals surface area contributed by atoms with E-state index in [1.54, 1.807) is 49.4 Å². The second kappa shape index (κ2) is 16.5. The minimum atomic E-state index is -4.28. The SMILES string of the molecule is CCCCNC(=O)[C@H](Cc1ccccc1)N(Cc1c(Cl)cccc1Cl)C(=O)CN(c1cc(Cl)ccc1C)S(=O)(=O)c1ccc(C)cc1. The number of carbonyl (C=O) groups is 2. The molecule has 1 atom stereocenters. The largest absolute Gasteiger partial charge is 0.354 e. The van der Waals surface area contributed by atoms with Gasteiger partial charge in [0, 0.05) is 40.1 Å². The van der Waals surface area contributed by atoms with E-state index < -0.39 is 28.5 Å². The van der Waals surface area contributed by atoms with Crippen molar-refractivity contribution in [3.63, 3.8) is 0 Å². The Balaban J connectivity index is 1.85. The summed E-state index contributed by atoms with van der Waals surface area (Å²) >= 11 is 19.5. The Bertz CT molecular complexity index is 1780. The van der Waals surface area contributed by atoms with Crippen LogP contribution in [-0.4, -0.2) is 44.3 Å². The van der Waals surface area contributed by atoms with Crippen LogP contribution in [0.3, 0.4) is 0 Å². The number of unbranched alkanes of at least 4 members (excludes halogenated alkanes) is 1. The molecule has 0 saturated heterocycles. The smallest absolute Gasteiger partial charge is 0.264 e. The molecule has 0 heterocycles. The Hall–Kier alpha value is -3.56. The van der Waals surface area contributed by atoms with Crippen molar-refractivity contribution in [3.8, 4) is 0 Å². The monoisotopic (exact) mass is 713 g/mol. The van der Waals surface area contributed by atoms with Gasteiger partial charge in [-0.2, -0.15) is 0 Å². The zero-order chi connectivity index (χ0) is 34.1. The lowest BCUT2D eigenvalue weighted by molar-refractivity contribution is -0.140. The highest BCUT2D eigenvalue weighted by molar-refractivity contribution is 7.92. The van der Waals surface area contributed by atoms with Crippen LogP contribution < -0.4 is 9.62 Å². The normalized spacial score (nSPS) is 12.0. The van der Waals surface area contributed by atoms with Crippen molar-refractivity contribution in [2.45, 2.75) is 57.5 Å². The summed E-state index contributed by atoms with van der Waals surface area (Å²) in [6, 6.07) is 24.6. The first kappa shape index (κ1) is 36.3. The Labute approximate surface area is 292 Å². The summed E-state index contributed by atoms with van der Waals surface area (Å²) in [5.74, 6) is -0.992. The number of nitrogens with zero attached hydrogens (tertiary/aromatic N) is 2. The lowest BCUT2D eigenvalue weighted by Gasteiger charge is -2.34. The van der Waals surface area contributed by atoms with Crippen LogP contribution in [0, 0.1) is 13.8 Å². The van der Waals surface area contributed by atoms with E-state index in [9.17, 15) is 18.0 Å². The molecule has 4 aromatic rings. The second-order valence-electron chi connectivity index (χ2n) is 11.3. The van der Waals surface area contributed by atoms with Crippen LogP contribution >= 0.6 is 34.8 Å². The van der Waals surface area contributed by atoms with Gasteiger partial charge in [0.25, 0.3) is 10.0 Å². The summed E-state index contributed by atoms with van der Waals surface area (Å²) in [5, 5.41) is 3.90. The first-order valence-corrected chi connectivity index (χ1v) is 17.9. The number of sulfonamides is 1. The van der Waals surface area contributed by atoms with Crippen molar-refractivity contribution in [2.75, 3.05) is 17.4 Å². The third kappa shape index (κ3) is 9.29. The highest BCUT2D eigenvalue weighted by Crippen LogP contribution is 2.31. The van der Waals surface area contributed by atoms with Crippen LogP contribution in [0.4, 0.5) is 5.69 Å². The van der Waals surface area contributed by atoms with Gasteiger partial charge in [-0.15, -0.1) is 0 Å². The number of nitrogens with one attached hydrogen (secondary N) is 1. The molecule has 1 N–H and O–H groups in total. The fraction of sp³-hybridized carbons (Fsp3) is 0.278. The van der Waals surface area contributed by atoms with Crippen LogP contribution in [0.2, 0.25) is 15.1 Å². The van der Waals surface area contributed by atoms with Gasteiger partial charge in [-0.3, -0.25) is 13.9 Å². The van der Waals surface area contributed by atoms with E-state index in [1.807, 2.05) is 44.2 Å². The van der Waals surface area contributed by atoms with Crippen molar-refractivity contribution in [1.82, 2.24) is 10.2 Å². The number of carbonyl (C=O) groups excluding carboxylic acids is 2. The molecule has 0 fully saturated rings. The van der Waals surface area contributed by atoms with E-state index in [1.165, 1.54) is 23.1 Å². The average molecular weight is 715 g/mol. The molecule has 0 aliphatic carbocycles. The quantitative estimate of drug-likeness (QED) is 0.134. The number of halogens is 3. The molecule has 11 heteroatoms. The number of benzene rings is 4. The average Bonchev–Trinajstić information content (AvgIpc) is 3.04. The zero-order valence-electron chi connectivity index (χ0n) is 26.5. The Kier molecular flexibility index (Phi) is 12.7. The predicted molar refractivity (Wildman–Crippen MR) is 191 cm³/mol. The van der Waals surface area contributed by atoms with E-state index in [4.69, 9.17) is 34.8 Å². The summed E-state index contributed by atoms with van der Waals surface area (Å²) in [5.41, 5.74) is 2.98. The summed E-state index contributed by atoms with van der Waals surface area (Å²) in [6.07, 6.45) is 1.80. The maximum atomic E-state index is 14.7. The molecule has 0 spiro atoms. The first-order valence-electron chi connectivity index (χ1n) is 15.3. The fourth-order valence-electron chi connectivity index (χ4n) is 5.12. The first-order chi connectivity index (χ1) is 22.4. The molecule has 248 valence electrons. The van der Waals surface area contributed by atoms with Crippen LogP contribution in [0.1, 0.15) is 42.0 Å². The number of rotatable bonds is 14. The summed E-state index contributed by atoms with van der Waals surface area (Å²) < 4.78 is 29.6. The van der Waals surface area contributed by atoms with Crippen LogP contribution in [-0.2, 0) is 32.6 Å². The fourth-order valence-corrected chi connectivity index (χ4v) is 7.27. The second-order valence-corrected chi connectivity index (χ2v) is 14.4. The molecule has 0 radical (unpaired) electrons. The van der Waals surface area contributed by atoms with Gasteiger partial charge in [-0.25, -0.2) is 8.42 Å². The van der Waals surface area contributed by atoms with Crippen LogP contribution in [0.25, 0.3) is 0 Å². The third-order valence-corrected chi connectivity index (χ3v) is 10.5. The molecule has 0 aliphatic rings. The molecule has 47 heavy (non-hydrogen) atoms. The molecule has 4 rings (SSSR count). The van der Waals surface area contributed by atoms with Gasteiger partial charge in [0.15, 0.2) is 0 Å². The number of hydrogen-bond donors (Lipinski definition) is 1. The van der Waals surface area contributed by atoms with Crippen molar-refractivity contribution < 1.29 is 18.0 Å². The van der Waals surface area contributed by atoms with Crippen molar-refractivity contribution >= 4 is 62.3 Å². The molecular formula is C36H38Cl3N3O4S. The van der Waals surface area contributed by atoms with Gasteiger partial charge < -0.3 is 10.2 Å². The molecule has 0 aromatic heterocycles. The van der Waals surface area contributed by atoms with Crippen molar-refractivity contribution in [3.05, 3.63) is 128 Å².